The van der Waals surface area contributed by atoms with Gasteiger partial charge in [0.2, 0.25) is 5.75 Å². The molecule has 0 spiro atoms. The first kappa shape index (κ1) is 29.3. The fourth-order valence-corrected chi connectivity index (χ4v) is 7.35. The van der Waals surface area contributed by atoms with E-state index in [-0.39, 0.29) is 17.8 Å². The molecule has 234 valence electrons. The summed E-state index contributed by atoms with van der Waals surface area (Å²) in [6.45, 7) is 1.97. The van der Waals surface area contributed by atoms with E-state index in [1.54, 1.807) is 21.3 Å². The Morgan fingerprint density at radius 3 is 2.02 bits per heavy atom. The van der Waals surface area contributed by atoms with Crippen LogP contribution >= 0.6 is 0 Å². The fraction of sp³-hybridized carbons (Fsp3) is 0.351. The number of aromatic hydroxyl groups is 1. The maximum absolute atomic E-state index is 11.7. The lowest BCUT2D eigenvalue weighted by Crippen LogP contribution is -3.10. The Morgan fingerprint density at radius 2 is 1.29 bits per heavy atom. The lowest BCUT2D eigenvalue weighted by atomic mass is 9.87. The quantitative estimate of drug-likeness (QED) is 0.326. The first-order chi connectivity index (χ1) is 21.9. The zero-order chi connectivity index (χ0) is 31.2. The number of phenolic OH excluding ortho intramolecular Hbond substituents is 1. The van der Waals surface area contributed by atoms with Gasteiger partial charge in [-0.15, -0.1) is 0 Å². The molecule has 0 radical (unpaired) electrons. The average Bonchev–Trinajstić information content (AvgIpc) is 3.05. The molecule has 0 amide bonds. The van der Waals surface area contributed by atoms with Crippen LogP contribution in [0.1, 0.15) is 45.5 Å². The highest BCUT2D eigenvalue weighted by atomic mass is 16.5. The minimum atomic E-state index is 0.00251. The molecule has 0 fully saturated rings. The van der Waals surface area contributed by atoms with E-state index < -0.39 is 0 Å². The van der Waals surface area contributed by atoms with Crippen LogP contribution in [0.5, 0.6) is 46.0 Å². The van der Waals surface area contributed by atoms with Gasteiger partial charge in [-0.05, 0) is 64.7 Å². The molecule has 2 unspecified atom stereocenters. The van der Waals surface area contributed by atoms with Gasteiger partial charge in [0.25, 0.3) is 0 Å². The monoisotopic (exact) mass is 610 g/mol. The zero-order valence-electron chi connectivity index (χ0n) is 26.7. The molecule has 8 rings (SSSR count). The standard InChI is InChI=1S/C37H40N2O6/c1-38-14-12-24-19-31(42-4)33-21-27(24)28(38)16-22-6-9-26(10-7-22)44-32-18-23(8-11-30(32)41-3)17-29-35-25(13-15-39(29)2)20-34(43-5)36(40)37(35)45-33/h6-11,18-21,28-29,40H,12-17H2,1-5H3/p+2/t28-,29-/m0/s1. The molecule has 0 aromatic heterocycles. The van der Waals surface area contributed by atoms with Gasteiger partial charge >= 0.3 is 0 Å². The van der Waals surface area contributed by atoms with Gasteiger partial charge < -0.3 is 38.6 Å². The highest BCUT2D eigenvalue weighted by molar-refractivity contribution is 5.62. The summed E-state index contributed by atoms with van der Waals surface area (Å²) in [5, 5.41) is 11.7. The zero-order valence-corrected chi connectivity index (χ0v) is 26.7. The summed E-state index contributed by atoms with van der Waals surface area (Å²) in [5.74, 6) is 4.22. The van der Waals surface area contributed by atoms with Crippen molar-refractivity contribution in [3.63, 3.8) is 0 Å². The Bertz CT molecular complexity index is 1740. The smallest absolute Gasteiger partial charge is 0.201 e. The van der Waals surface area contributed by atoms with Crippen LogP contribution < -0.4 is 33.5 Å². The van der Waals surface area contributed by atoms with Gasteiger partial charge in [0.1, 0.15) is 17.8 Å². The van der Waals surface area contributed by atoms with E-state index in [0.717, 1.165) is 54.8 Å². The molecule has 0 aliphatic carbocycles. The second kappa shape index (κ2) is 11.8. The van der Waals surface area contributed by atoms with E-state index >= 15 is 0 Å². The average molecular weight is 611 g/mol. The van der Waals surface area contributed by atoms with Gasteiger partial charge in [0.05, 0.1) is 54.1 Å². The number of fused-ring (bicyclic) bond motifs is 2. The van der Waals surface area contributed by atoms with E-state index in [0.29, 0.717) is 40.9 Å². The van der Waals surface area contributed by atoms with Crippen LogP contribution in [0, 0.1) is 0 Å². The third kappa shape index (κ3) is 5.32. The van der Waals surface area contributed by atoms with Crippen LogP contribution in [0.4, 0.5) is 0 Å². The van der Waals surface area contributed by atoms with Crippen LogP contribution in [0.2, 0.25) is 0 Å². The Hall–Kier alpha value is -4.40. The lowest BCUT2D eigenvalue weighted by molar-refractivity contribution is -0.914. The summed E-state index contributed by atoms with van der Waals surface area (Å²) in [7, 11) is 9.39. The number of nitrogens with one attached hydrogen (secondary N) is 2. The third-order valence-corrected chi connectivity index (χ3v) is 9.95. The van der Waals surface area contributed by atoms with Gasteiger partial charge in [-0.1, -0.05) is 18.2 Å². The van der Waals surface area contributed by atoms with Crippen LogP contribution in [0.25, 0.3) is 0 Å². The van der Waals surface area contributed by atoms with Crippen molar-refractivity contribution < 1.29 is 38.6 Å². The van der Waals surface area contributed by atoms with E-state index in [1.165, 1.54) is 26.5 Å². The van der Waals surface area contributed by atoms with Crippen molar-refractivity contribution in [1.82, 2.24) is 0 Å². The van der Waals surface area contributed by atoms with E-state index in [4.69, 9.17) is 23.7 Å². The molecule has 6 bridgehead atoms. The van der Waals surface area contributed by atoms with E-state index in [9.17, 15) is 5.11 Å². The molecule has 4 aromatic rings. The molecule has 8 heteroatoms. The molecular formula is C37H42N2O6+2. The van der Waals surface area contributed by atoms with E-state index in [2.05, 4.69) is 50.5 Å². The van der Waals surface area contributed by atoms with Crippen molar-refractivity contribution in [3.8, 4) is 46.0 Å². The van der Waals surface area contributed by atoms with Crippen LogP contribution in [-0.4, -0.2) is 53.6 Å². The number of ether oxygens (including phenoxy) is 5. The molecule has 4 aliphatic heterocycles. The van der Waals surface area contributed by atoms with Gasteiger partial charge in [-0.25, -0.2) is 0 Å². The number of benzene rings is 4. The predicted octanol–water partition coefficient (Wildman–Crippen LogP) is 4.03. The molecule has 45 heavy (non-hydrogen) atoms. The highest BCUT2D eigenvalue weighted by Gasteiger charge is 2.37. The van der Waals surface area contributed by atoms with Crippen molar-refractivity contribution in [3.05, 3.63) is 94.0 Å². The number of likely N-dealkylation sites (N-methyl/N-ethyl adjacent to an activating group) is 2. The Kier molecular flexibility index (Phi) is 7.71. The second-order valence-electron chi connectivity index (χ2n) is 12.6. The number of rotatable bonds is 3. The highest BCUT2D eigenvalue weighted by Crippen LogP contribution is 2.49. The van der Waals surface area contributed by atoms with Gasteiger partial charge in [0, 0.05) is 31.2 Å². The van der Waals surface area contributed by atoms with Gasteiger partial charge in [-0.2, -0.15) is 0 Å². The fourth-order valence-electron chi connectivity index (χ4n) is 7.35. The molecule has 0 saturated carbocycles. The molecule has 4 aromatic carbocycles. The topological polar surface area (TPSA) is 75.3 Å². The molecule has 4 aliphatic rings. The Balaban J connectivity index is 1.45. The SMILES string of the molecule is COc1ccc2cc1Oc1ccc(cc1)C[C@H]1c3cc(c(OC)cc3CC[NH+]1C)Oc1c(O)c(OC)cc3c1[C@H](C2)[NH+](C)CC3. The Morgan fingerprint density at radius 1 is 0.667 bits per heavy atom. The molecule has 8 nitrogen and oxygen atoms in total. The van der Waals surface area contributed by atoms with Crippen molar-refractivity contribution >= 4 is 0 Å². The summed E-state index contributed by atoms with van der Waals surface area (Å²) < 4.78 is 30.5. The van der Waals surface area contributed by atoms with E-state index in [1.807, 2.05) is 24.3 Å². The first-order valence-corrected chi connectivity index (χ1v) is 15.8. The summed E-state index contributed by atoms with van der Waals surface area (Å²) in [4.78, 5) is 2.78. The number of hydrogen-bond donors (Lipinski definition) is 3. The van der Waals surface area contributed by atoms with Crippen molar-refractivity contribution in [2.75, 3.05) is 48.5 Å². The van der Waals surface area contributed by atoms with Gasteiger partial charge in [0.15, 0.2) is 34.5 Å². The van der Waals surface area contributed by atoms with Gasteiger partial charge in [-0.3, -0.25) is 0 Å². The molecule has 4 atom stereocenters. The van der Waals surface area contributed by atoms with Crippen LogP contribution in [0.3, 0.4) is 0 Å². The first-order valence-electron chi connectivity index (χ1n) is 15.8. The van der Waals surface area contributed by atoms with Crippen molar-refractivity contribution in [2.24, 2.45) is 0 Å². The summed E-state index contributed by atoms with van der Waals surface area (Å²) >= 11 is 0. The summed E-state index contributed by atoms with van der Waals surface area (Å²) in [6.07, 6.45) is 3.36. The number of phenols is 1. The normalized spacial score (nSPS) is 21.8. The second-order valence-corrected chi connectivity index (χ2v) is 12.6. The minimum absolute atomic E-state index is 0.00251. The van der Waals surface area contributed by atoms with Crippen molar-refractivity contribution in [1.29, 1.82) is 0 Å². The van der Waals surface area contributed by atoms with Crippen LogP contribution in [-0.2, 0) is 25.7 Å². The minimum Gasteiger partial charge on any atom is -0.502 e. The van der Waals surface area contributed by atoms with Crippen molar-refractivity contribution in [2.45, 2.75) is 37.8 Å². The third-order valence-electron chi connectivity index (χ3n) is 9.95. The largest absolute Gasteiger partial charge is 0.502 e. The van der Waals surface area contributed by atoms with Crippen LogP contribution in [0.15, 0.2) is 60.7 Å². The number of methoxy groups -OCH3 is 3. The maximum atomic E-state index is 11.7. The summed E-state index contributed by atoms with van der Waals surface area (Å²) in [6, 6.07) is 21.0. The summed E-state index contributed by atoms with van der Waals surface area (Å²) in [5.41, 5.74) is 6.95. The number of hydrogen-bond acceptors (Lipinski definition) is 6. The Labute approximate surface area is 264 Å². The predicted molar refractivity (Wildman–Crippen MR) is 171 cm³/mol. The molecule has 3 N–H and O–H groups in total. The maximum Gasteiger partial charge on any atom is 0.201 e. The molecule has 4 heterocycles. The molecule has 0 saturated heterocycles. The molecular weight excluding hydrogens is 568 g/mol. The lowest BCUT2D eigenvalue weighted by Gasteiger charge is -2.34. The number of quaternary nitrogens is 2.